The molecule has 2 unspecified atom stereocenters. The quantitative estimate of drug-likeness (QED) is 0.945. The predicted molar refractivity (Wildman–Crippen MR) is 73.2 cm³/mol. The highest BCUT2D eigenvalue weighted by Crippen LogP contribution is 2.24. The van der Waals surface area contributed by atoms with E-state index >= 15 is 0 Å². The summed E-state index contributed by atoms with van der Waals surface area (Å²) in [7, 11) is 0. The van der Waals surface area contributed by atoms with Crippen molar-refractivity contribution >= 4 is 27.5 Å². The molecule has 2 aromatic rings. The van der Waals surface area contributed by atoms with E-state index < -0.39 is 0 Å². The Labute approximate surface area is 114 Å². The zero-order chi connectivity index (χ0) is 12.4. The van der Waals surface area contributed by atoms with Crippen LogP contribution in [-0.2, 0) is 0 Å². The monoisotopic (exact) mass is 313 g/mol. The van der Waals surface area contributed by atoms with Crippen molar-refractivity contribution in [3.8, 4) is 0 Å². The number of rotatable bonds is 3. The first kappa shape index (κ1) is 12.6. The molecule has 0 aliphatic carbocycles. The highest BCUT2D eigenvalue weighted by molar-refractivity contribution is 9.10. The van der Waals surface area contributed by atoms with Gasteiger partial charge in [-0.15, -0.1) is 0 Å². The zero-order valence-electron chi connectivity index (χ0n) is 9.35. The van der Waals surface area contributed by atoms with Crippen LogP contribution in [0.4, 0.5) is 0 Å². The van der Waals surface area contributed by atoms with E-state index in [0.29, 0.717) is 5.02 Å². The molecule has 1 heterocycles. The summed E-state index contributed by atoms with van der Waals surface area (Å²) in [5, 5.41) is 4.85. The molecule has 5 heteroatoms. The number of hydrogen-bond acceptors (Lipinski definition) is 2. The average molecular weight is 315 g/mol. The number of aromatic nitrogens is 2. The van der Waals surface area contributed by atoms with Crippen LogP contribution in [0.2, 0.25) is 5.02 Å². The lowest BCUT2D eigenvalue weighted by molar-refractivity contribution is 0.454. The summed E-state index contributed by atoms with van der Waals surface area (Å²) < 4.78 is 2.83. The molecule has 0 fully saturated rings. The van der Waals surface area contributed by atoms with Crippen molar-refractivity contribution in [1.82, 2.24) is 9.78 Å². The van der Waals surface area contributed by atoms with Crippen LogP contribution in [0.25, 0.3) is 0 Å². The normalized spacial score (nSPS) is 14.6. The minimum absolute atomic E-state index is 0.0139. The fourth-order valence-corrected chi connectivity index (χ4v) is 2.42. The van der Waals surface area contributed by atoms with Crippen LogP contribution in [0.5, 0.6) is 0 Å². The lowest BCUT2D eigenvalue weighted by atomic mass is 10.0. The van der Waals surface area contributed by atoms with E-state index in [1.165, 1.54) is 0 Å². The molecule has 2 rings (SSSR count). The highest BCUT2D eigenvalue weighted by atomic mass is 79.9. The number of halogens is 2. The van der Waals surface area contributed by atoms with Crippen LogP contribution in [0.3, 0.4) is 0 Å². The Bertz CT molecular complexity index is 510. The van der Waals surface area contributed by atoms with E-state index in [-0.39, 0.29) is 12.1 Å². The molecule has 0 aliphatic heterocycles. The van der Waals surface area contributed by atoms with Crippen molar-refractivity contribution in [3.63, 3.8) is 0 Å². The molecule has 2 atom stereocenters. The second kappa shape index (κ2) is 5.21. The lowest BCUT2D eigenvalue weighted by Crippen LogP contribution is -2.30. The maximum Gasteiger partial charge on any atom is 0.0917 e. The summed E-state index contributed by atoms with van der Waals surface area (Å²) in [6.07, 6.45) is 3.41. The Morgan fingerprint density at radius 1 is 1.47 bits per heavy atom. The van der Waals surface area contributed by atoms with Crippen LogP contribution < -0.4 is 5.73 Å². The number of nitrogens with zero attached hydrogens (tertiary/aromatic N) is 2. The molecule has 0 saturated heterocycles. The van der Waals surface area contributed by atoms with Crippen molar-refractivity contribution < 1.29 is 0 Å². The predicted octanol–water partition coefficient (Wildman–Crippen LogP) is 3.24. The Morgan fingerprint density at radius 2 is 2.24 bits per heavy atom. The summed E-state index contributed by atoms with van der Waals surface area (Å²) in [4.78, 5) is 0. The molecule has 0 aliphatic rings. The Hall–Kier alpha value is -0.840. The third-order valence-electron chi connectivity index (χ3n) is 2.54. The third kappa shape index (κ3) is 2.89. The maximum atomic E-state index is 6.04. The van der Waals surface area contributed by atoms with E-state index in [1.807, 2.05) is 31.2 Å². The standard InChI is InChI=1S/C12H13BrClN3/c1-8(15)12(17-7-11(14)6-16-17)9-3-2-4-10(13)5-9/h2-8,12H,15H2,1H3. The molecule has 2 N–H and O–H groups in total. The first-order chi connectivity index (χ1) is 8.08. The fraction of sp³-hybridized carbons (Fsp3) is 0.250. The molecule has 0 saturated carbocycles. The summed E-state index contributed by atoms with van der Waals surface area (Å²) in [6, 6.07) is 7.98. The third-order valence-corrected chi connectivity index (χ3v) is 3.23. The summed E-state index contributed by atoms with van der Waals surface area (Å²) in [5.41, 5.74) is 7.15. The minimum Gasteiger partial charge on any atom is -0.326 e. The molecule has 0 bridgehead atoms. The second-order valence-electron chi connectivity index (χ2n) is 4.00. The topological polar surface area (TPSA) is 43.8 Å². The number of nitrogens with two attached hydrogens (primary N) is 1. The summed E-state index contributed by atoms with van der Waals surface area (Å²) in [5.74, 6) is 0. The van der Waals surface area contributed by atoms with Gasteiger partial charge in [-0.05, 0) is 24.6 Å². The molecule has 0 spiro atoms. The van der Waals surface area contributed by atoms with Gasteiger partial charge in [-0.2, -0.15) is 5.10 Å². The zero-order valence-corrected chi connectivity index (χ0v) is 11.7. The fourth-order valence-electron chi connectivity index (χ4n) is 1.85. The van der Waals surface area contributed by atoms with Gasteiger partial charge < -0.3 is 5.73 Å². The van der Waals surface area contributed by atoms with Gasteiger partial charge in [-0.1, -0.05) is 39.7 Å². The van der Waals surface area contributed by atoms with E-state index in [4.69, 9.17) is 17.3 Å². The van der Waals surface area contributed by atoms with Crippen molar-refractivity contribution in [3.05, 3.63) is 51.7 Å². The summed E-state index contributed by atoms with van der Waals surface area (Å²) >= 11 is 9.36. The van der Waals surface area contributed by atoms with Gasteiger partial charge in [0.15, 0.2) is 0 Å². The number of benzene rings is 1. The van der Waals surface area contributed by atoms with Gasteiger partial charge >= 0.3 is 0 Å². The highest BCUT2D eigenvalue weighted by Gasteiger charge is 2.19. The first-order valence-corrected chi connectivity index (χ1v) is 6.45. The van der Waals surface area contributed by atoms with Gasteiger partial charge in [0.25, 0.3) is 0 Å². The van der Waals surface area contributed by atoms with Crippen LogP contribution >= 0.6 is 27.5 Å². The van der Waals surface area contributed by atoms with Gasteiger partial charge in [0.05, 0.1) is 17.3 Å². The van der Waals surface area contributed by atoms with Crippen LogP contribution in [-0.4, -0.2) is 15.8 Å². The van der Waals surface area contributed by atoms with Gasteiger partial charge in [0.2, 0.25) is 0 Å². The largest absolute Gasteiger partial charge is 0.326 e. The van der Waals surface area contributed by atoms with Crippen LogP contribution in [0.1, 0.15) is 18.5 Å². The van der Waals surface area contributed by atoms with Crippen LogP contribution in [0, 0.1) is 0 Å². The van der Waals surface area contributed by atoms with E-state index in [9.17, 15) is 0 Å². The van der Waals surface area contributed by atoms with Crippen molar-refractivity contribution in [2.45, 2.75) is 19.0 Å². The molecule has 3 nitrogen and oxygen atoms in total. The minimum atomic E-state index is -0.0553. The smallest absolute Gasteiger partial charge is 0.0917 e. The SMILES string of the molecule is CC(N)C(c1cccc(Br)c1)n1cc(Cl)cn1. The molecule has 17 heavy (non-hydrogen) atoms. The van der Waals surface area contributed by atoms with Crippen molar-refractivity contribution in [2.24, 2.45) is 5.73 Å². The molecule has 1 aromatic carbocycles. The van der Waals surface area contributed by atoms with Gasteiger partial charge in [0, 0.05) is 16.7 Å². The Balaban J connectivity index is 2.42. The molecule has 0 radical (unpaired) electrons. The Kier molecular flexibility index (Phi) is 3.86. The van der Waals surface area contributed by atoms with E-state index in [1.54, 1.807) is 17.1 Å². The van der Waals surface area contributed by atoms with Gasteiger partial charge in [0.1, 0.15) is 0 Å². The van der Waals surface area contributed by atoms with Crippen molar-refractivity contribution in [1.29, 1.82) is 0 Å². The Morgan fingerprint density at radius 3 is 2.76 bits per heavy atom. The van der Waals surface area contributed by atoms with Gasteiger partial charge in [-0.25, -0.2) is 0 Å². The van der Waals surface area contributed by atoms with Gasteiger partial charge in [-0.3, -0.25) is 4.68 Å². The molecular weight excluding hydrogens is 302 g/mol. The molecule has 90 valence electrons. The molecule has 0 amide bonds. The van der Waals surface area contributed by atoms with E-state index in [2.05, 4.69) is 21.0 Å². The number of hydrogen-bond donors (Lipinski definition) is 1. The van der Waals surface area contributed by atoms with Crippen molar-refractivity contribution in [2.75, 3.05) is 0 Å². The van der Waals surface area contributed by atoms with E-state index in [0.717, 1.165) is 10.0 Å². The second-order valence-corrected chi connectivity index (χ2v) is 5.35. The maximum absolute atomic E-state index is 6.04. The van der Waals surface area contributed by atoms with Crippen LogP contribution in [0.15, 0.2) is 41.1 Å². The molecule has 1 aromatic heterocycles. The average Bonchev–Trinajstić information content (AvgIpc) is 2.64. The summed E-state index contributed by atoms with van der Waals surface area (Å²) in [6.45, 7) is 1.96. The molecular formula is C12H13BrClN3. The lowest BCUT2D eigenvalue weighted by Gasteiger charge is -2.22. The first-order valence-electron chi connectivity index (χ1n) is 5.28.